The molecule has 2 aromatic rings. The zero-order valence-electron chi connectivity index (χ0n) is 11.9. The number of hydrogen-bond acceptors (Lipinski definition) is 2. The Labute approximate surface area is 132 Å². The quantitative estimate of drug-likeness (QED) is 0.817. The predicted molar refractivity (Wildman–Crippen MR) is 86.8 cm³/mol. The number of hydrogen-bond donors (Lipinski definition) is 1. The molecule has 1 aromatic carbocycles. The summed E-state index contributed by atoms with van der Waals surface area (Å²) < 4.78 is 2.49. The lowest BCUT2D eigenvalue weighted by Gasteiger charge is -2.13. The van der Waals surface area contributed by atoms with Crippen LogP contribution in [0.25, 0.3) is 5.69 Å². The lowest BCUT2D eigenvalue weighted by atomic mass is 10.1. The maximum Gasteiger partial charge on any atom is 0.357 e. The smallest absolute Gasteiger partial charge is 0.357 e. The lowest BCUT2D eigenvalue weighted by molar-refractivity contribution is 0.0689. The van der Waals surface area contributed by atoms with Crippen molar-refractivity contribution in [2.75, 3.05) is 0 Å². The molecule has 2 rings (SSSR count). The van der Waals surface area contributed by atoms with Crippen molar-refractivity contribution in [2.45, 2.75) is 33.6 Å². The van der Waals surface area contributed by atoms with Gasteiger partial charge >= 0.3 is 5.97 Å². The maximum atomic E-state index is 11.3. The van der Waals surface area contributed by atoms with Crippen molar-refractivity contribution in [2.24, 2.45) is 0 Å². The summed E-state index contributed by atoms with van der Waals surface area (Å²) in [5.41, 5.74) is 4.21. The summed E-state index contributed by atoms with van der Waals surface area (Å²) in [6.45, 7) is 8.12. The van der Waals surface area contributed by atoms with Crippen molar-refractivity contribution in [3.8, 4) is 5.69 Å². The fourth-order valence-corrected chi connectivity index (χ4v) is 3.37. The Bertz CT molecular complexity index is 675. The Balaban J connectivity index is 2.76. The fraction of sp³-hybridized carbons (Fsp3) is 0.333. The number of nitrogens with zero attached hydrogens (tertiary/aromatic N) is 2. The minimum atomic E-state index is -0.986. The summed E-state index contributed by atoms with van der Waals surface area (Å²) in [4.78, 5) is 11.3. The van der Waals surface area contributed by atoms with E-state index in [0.29, 0.717) is 3.57 Å². The SMILES string of the molecule is Cc1ccc(C)c(-n2nc(C(=O)O)c(I)c2C(C)C)c1. The second kappa shape index (κ2) is 5.55. The molecule has 1 aromatic heterocycles. The van der Waals surface area contributed by atoms with Gasteiger partial charge in [-0.15, -0.1) is 0 Å². The van der Waals surface area contributed by atoms with Gasteiger partial charge in [-0.25, -0.2) is 9.48 Å². The van der Waals surface area contributed by atoms with E-state index >= 15 is 0 Å². The summed E-state index contributed by atoms with van der Waals surface area (Å²) in [5.74, 6) is -0.789. The highest BCUT2D eigenvalue weighted by molar-refractivity contribution is 14.1. The molecule has 0 radical (unpaired) electrons. The molecule has 0 spiro atoms. The summed E-state index contributed by atoms with van der Waals surface area (Å²) in [5, 5.41) is 13.6. The second-order valence-electron chi connectivity index (χ2n) is 5.21. The van der Waals surface area contributed by atoms with Gasteiger partial charge in [0.1, 0.15) is 0 Å². The highest BCUT2D eigenvalue weighted by atomic mass is 127. The Hall–Kier alpha value is -1.37. The van der Waals surface area contributed by atoms with Crippen LogP contribution in [0.4, 0.5) is 0 Å². The van der Waals surface area contributed by atoms with E-state index in [9.17, 15) is 9.90 Å². The number of aromatic nitrogens is 2. The Morgan fingerprint density at radius 2 is 2.00 bits per heavy atom. The molecule has 20 heavy (non-hydrogen) atoms. The maximum absolute atomic E-state index is 11.3. The van der Waals surface area contributed by atoms with Crippen molar-refractivity contribution >= 4 is 28.6 Å². The topological polar surface area (TPSA) is 55.1 Å². The van der Waals surface area contributed by atoms with Gasteiger partial charge in [-0.1, -0.05) is 26.0 Å². The van der Waals surface area contributed by atoms with Gasteiger partial charge in [0, 0.05) is 0 Å². The Morgan fingerprint density at radius 3 is 2.55 bits per heavy atom. The highest BCUT2D eigenvalue weighted by Crippen LogP contribution is 2.28. The Kier molecular flexibility index (Phi) is 4.17. The van der Waals surface area contributed by atoms with E-state index in [0.717, 1.165) is 22.5 Å². The molecule has 1 N–H and O–H groups in total. The van der Waals surface area contributed by atoms with Gasteiger partial charge in [-0.2, -0.15) is 5.10 Å². The number of carbonyl (C=O) groups is 1. The highest BCUT2D eigenvalue weighted by Gasteiger charge is 2.23. The zero-order valence-corrected chi connectivity index (χ0v) is 14.1. The molecule has 0 aliphatic carbocycles. The van der Waals surface area contributed by atoms with Crippen molar-refractivity contribution in [3.05, 3.63) is 44.3 Å². The van der Waals surface area contributed by atoms with Gasteiger partial charge < -0.3 is 5.11 Å². The molecule has 5 heteroatoms. The van der Waals surface area contributed by atoms with Crippen LogP contribution in [0.5, 0.6) is 0 Å². The molecule has 0 atom stereocenters. The number of aryl methyl sites for hydroxylation is 2. The van der Waals surface area contributed by atoms with E-state index in [-0.39, 0.29) is 11.6 Å². The van der Waals surface area contributed by atoms with E-state index in [2.05, 4.69) is 27.7 Å². The first-order valence-corrected chi connectivity index (χ1v) is 7.50. The number of benzene rings is 1. The van der Waals surface area contributed by atoms with E-state index in [1.165, 1.54) is 0 Å². The molecule has 1 heterocycles. The summed E-state index contributed by atoms with van der Waals surface area (Å²) >= 11 is 2.08. The molecule has 106 valence electrons. The van der Waals surface area contributed by atoms with Crippen molar-refractivity contribution in [1.29, 1.82) is 0 Å². The van der Waals surface area contributed by atoms with Gasteiger partial charge in [-0.05, 0) is 59.5 Å². The molecule has 4 nitrogen and oxygen atoms in total. The van der Waals surface area contributed by atoms with Crippen LogP contribution < -0.4 is 0 Å². The number of carboxylic acid groups (broad SMARTS) is 1. The Morgan fingerprint density at radius 1 is 1.35 bits per heavy atom. The van der Waals surface area contributed by atoms with Crippen LogP contribution in [0.3, 0.4) is 0 Å². The molecule has 0 amide bonds. The molecule has 0 aliphatic heterocycles. The minimum absolute atomic E-state index is 0.121. The van der Waals surface area contributed by atoms with Crippen LogP contribution in [0, 0.1) is 17.4 Å². The summed E-state index contributed by atoms with van der Waals surface area (Å²) in [6, 6.07) is 6.11. The van der Waals surface area contributed by atoms with Crippen LogP contribution >= 0.6 is 22.6 Å². The van der Waals surface area contributed by atoms with E-state index in [1.54, 1.807) is 4.68 Å². The molecule has 0 saturated carbocycles. The lowest BCUT2D eigenvalue weighted by Crippen LogP contribution is -2.07. The summed E-state index contributed by atoms with van der Waals surface area (Å²) in [6.07, 6.45) is 0. The van der Waals surface area contributed by atoms with Gasteiger partial charge in [-0.3, -0.25) is 0 Å². The van der Waals surface area contributed by atoms with E-state index in [1.807, 2.05) is 45.9 Å². The van der Waals surface area contributed by atoms with Gasteiger partial charge in [0.2, 0.25) is 0 Å². The predicted octanol–water partition coefficient (Wildman–Crippen LogP) is 3.92. The molecular weight excluding hydrogens is 367 g/mol. The largest absolute Gasteiger partial charge is 0.476 e. The third-order valence-corrected chi connectivity index (χ3v) is 4.27. The van der Waals surface area contributed by atoms with Crippen LogP contribution in [-0.2, 0) is 0 Å². The average Bonchev–Trinajstić information content (AvgIpc) is 2.70. The van der Waals surface area contributed by atoms with Gasteiger partial charge in [0.25, 0.3) is 0 Å². The standard InChI is InChI=1S/C15H17IN2O2/c1-8(2)14-12(16)13(15(19)20)17-18(14)11-7-9(3)5-6-10(11)4/h5-8H,1-4H3,(H,19,20). The third-order valence-electron chi connectivity index (χ3n) is 3.20. The second-order valence-corrected chi connectivity index (χ2v) is 6.29. The first-order chi connectivity index (χ1) is 9.32. The molecule has 0 unspecified atom stereocenters. The van der Waals surface area contributed by atoms with Crippen LogP contribution in [0.15, 0.2) is 18.2 Å². The third kappa shape index (κ3) is 2.59. The molecule has 0 saturated heterocycles. The molecule has 0 fully saturated rings. The molecular formula is C15H17IN2O2. The number of rotatable bonds is 3. The number of halogens is 1. The zero-order chi connectivity index (χ0) is 15.0. The average molecular weight is 384 g/mol. The van der Waals surface area contributed by atoms with E-state index < -0.39 is 5.97 Å². The van der Waals surface area contributed by atoms with Crippen molar-refractivity contribution in [3.63, 3.8) is 0 Å². The van der Waals surface area contributed by atoms with Crippen LogP contribution in [0.2, 0.25) is 0 Å². The summed E-state index contributed by atoms with van der Waals surface area (Å²) in [7, 11) is 0. The number of aromatic carboxylic acids is 1. The minimum Gasteiger partial charge on any atom is -0.476 e. The normalized spacial score (nSPS) is 11.1. The monoisotopic (exact) mass is 384 g/mol. The fourth-order valence-electron chi connectivity index (χ4n) is 2.18. The van der Waals surface area contributed by atoms with Gasteiger partial charge in [0.05, 0.1) is 15.0 Å². The van der Waals surface area contributed by atoms with Crippen LogP contribution in [-0.4, -0.2) is 20.9 Å². The van der Waals surface area contributed by atoms with Crippen molar-refractivity contribution in [1.82, 2.24) is 9.78 Å². The first kappa shape index (κ1) is 15.0. The first-order valence-electron chi connectivity index (χ1n) is 6.42. The number of carboxylic acids is 1. The van der Waals surface area contributed by atoms with Crippen LogP contribution in [0.1, 0.15) is 47.1 Å². The molecule has 0 aliphatic rings. The van der Waals surface area contributed by atoms with E-state index in [4.69, 9.17) is 0 Å². The van der Waals surface area contributed by atoms with Gasteiger partial charge in [0.15, 0.2) is 5.69 Å². The molecule has 0 bridgehead atoms. The van der Waals surface area contributed by atoms with Crippen molar-refractivity contribution < 1.29 is 9.90 Å².